The van der Waals surface area contributed by atoms with E-state index < -0.39 is 28.6 Å². The Balaban J connectivity index is 1.34. The average Bonchev–Trinajstić information content (AvgIpc) is 3.23. The van der Waals surface area contributed by atoms with Gasteiger partial charge >= 0.3 is 5.97 Å². The zero-order chi connectivity index (χ0) is 26.2. The standard InChI is InChI=1S/C29H30N2O5S/c1-20-11-13-24(14-12-20)37(34,35)30-16-15-22-7-3-5-9-25(22)27(30)18-29(33)36-19-28(32)31-21(2)17-23-8-4-6-10-26(23)31/h3-14,21,27H,15-19H2,1-2H3/t21-,27-/m1/s1. The average molecular weight is 519 g/mol. The van der Waals surface area contributed by atoms with E-state index in [1.54, 1.807) is 29.2 Å². The number of nitrogens with zero attached hydrogens (tertiary/aromatic N) is 2. The zero-order valence-electron chi connectivity index (χ0n) is 21.0. The van der Waals surface area contributed by atoms with Gasteiger partial charge in [0.25, 0.3) is 5.91 Å². The molecule has 192 valence electrons. The number of carbonyl (C=O) groups is 2. The highest BCUT2D eigenvalue weighted by Crippen LogP contribution is 2.37. The molecule has 5 rings (SSSR count). The molecule has 0 unspecified atom stereocenters. The van der Waals surface area contributed by atoms with Gasteiger partial charge in [-0.15, -0.1) is 0 Å². The number of benzene rings is 3. The second-order valence-electron chi connectivity index (χ2n) is 9.70. The molecule has 0 aliphatic carbocycles. The lowest BCUT2D eigenvalue weighted by Gasteiger charge is -2.36. The second kappa shape index (κ2) is 10.1. The lowest BCUT2D eigenvalue weighted by molar-refractivity contribution is -0.148. The van der Waals surface area contributed by atoms with Crippen LogP contribution < -0.4 is 4.90 Å². The molecule has 2 aliphatic heterocycles. The van der Waals surface area contributed by atoms with E-state index in [0.717, 1.165) is 34.4 Å². The van der Waals surface area contributed by atoms with E-state index in [1.807, 2.05) is 62.4 Å². The molecule has 8 heteroatoms. The number of ether oxygens (including phenoxy) is 1. The largest absolute Gasteiger partial charge is 0.455 e. The Hall–Kier alpha value is -3.49. The number of fused-ring (bicyclic) bond motifs is 2. The molecule has 0 aromatic heterocycles. The van der Waals surface area contributed by atoms with Gasteiger partial charge < -0.3 is 9.64 Å². The number of carbonyl (C=O) groups excluding carboxylic acids is 2. The van der Waals surface area contributed by atoms with Crippen molar-refractivity contribution in [3.63, 3.8) is 0 Å². The molecule has 0 bridgehead atoms. The van der Waals surface area contributed by atoms with Gasteiger partial charge in [-0.3, -0.25) is 9.59 Å². The minimum absolute atomic E-state index is 0.0241. The number of rotatable bonds is 6. The molecule has 0 spiro atoms. The van der Waals surface area contributed by atoms with Gasteiger partial charge in [-0.1, -0.05) is 60.2 Å². The van der Waals surface area contributed by atoms with Gasteiger partial charge in [0.05, 0.1) is 17.4 Å². The zero-order valence-corrected chi connectivity index (χ0v) is 21.8. The predicted molar refractivity (Wildman–Crippen MR) is 141 cm³/mol. The van der Waals surface area contributed by atoms with Crippen molar-refractivity contribution < 1.29 is 22.7 Å². The monoisotopic (exact) mass is 518 g/mol. The van der Waals surface area contributed by atoms with Gasteiger partial charge in [0, 0.05) is 18.3 Å². The molecule has 0 N–H and O–H groups in total. The van der Waals surface area contributed by atoms with Crippen molar-refractivity contribution in [1.82, 2.24) is 4.31 Å². The van der Waals surface area contributed by atoms with Crippen molar-refractivity contribution in [3.05, 3.63) is 95.1 Å². The van der Waals surface area contributed by atoms with Gasteiger partial charge in [0.1, 0.15) is 0 Å². The molecule has 3 aromatic rings. The third-order valence-electron chi connectivity index (χ3n) is 7.18. The first-order chi connectivity index (χ1) is 17.8. The van der Waals surface area contributed by atoms with Crippen LogP contribution in [0.5, 0.6) is 0 Å². The van der Waals surface area contributed by atoms with E-state index in [4.69, 9.17) is 4.74 Å². The maximum Gasteiger partial charge on any atom is 0.308 e. The summed E-state index contributed by atoms with van der Waals surface area (Å²) in [5.41, 5.74) is 4.68. The van der Waals surface area contributed by atoms with Crippen LogP contribution in [0.1, 0.15) is 41.6 Å². The van der Waals surface area contributed by atoms with Crippen molar-refractivity contribution in [2.75, 3.05) is 18.1 Å². The van der Waals surface area contributed by atoms with E-state index in [0.29, 0.717) is 6.42 Å². The van der Waals surface area contributed by atoms with Crippen molar-refractivity contribution in [2.24, 2.45) is 0 Å². The highest BCUT2D eigenvalue weighted by Gasteiger charge is 2.38. The normalized spacial score (nSPS) is 19.2. The molecule has 2 heterocycles. The fourth-order valence-electron chi connectivity index (χ4n) is 5.35. The molecule has 1 amide bonds. The molecular weight excluding hydrogens is 488 g/mol. The van der Waals surface area contributed by atoms with Crippen LogP contribution in [0.25, 0.3) is 0 Å². The molecule has 0 fully saturated rings. The number of hydrogen-bond acceptors (Lipinski definition) is 5. The molecule has 7 nitrogen and oxygen atoms in total. The summed E-state index contributed by atoms with van der Waals surface area (Å²) in [5.74, 6) is -0.904. The summed E-state index contributed by atoms with van der Waals surface area (Å²) in [6.07, 6.45) is 1.12. The molecule has 3 aromatic carbocycles. The first-order valence-corrected chi connectivity index (χ1v) is 13.9. The topological polar surface area (TPSA) is 84.0 Å². The quantitative estimate of drug-likeness (QED) is 0.457. The van der Waals surface area contributed by atoms with E-state index >= 15 is 0 Å². The third kappa shape index (κ3) is 4.91. The van der Waals surface area contributed by atoms with Crippen LogP contribution in [0.2, 0.25) is 0 Å². The van der Waals surface area contributed by atoms with E-state index in [1.165, 1.54) is 4.31 Å². The number of esters is 1. The van der Waals surface area contributed by atoms with Crippen molar-refractivity contribution >= 4 is 27.6 Å². The summed E-state index contributed by atoms with van der Waals surface area (Å²) in [7, 11) is -3.85. The van der Waals surface area contributed by atoms with Crippen molar-refractivity contribution in [1.29, 1.82) is 0 Å². The smallest absolute Gasteiger partial charge is 0.308 e. The summed E-state index contributed by atoms with van der Waals surface area (Å²) in [6.45, 7) is 3.73. The van der Waals surface area contributed by atoms with Crippen LogP contribution in [0.4, 0.5) is 5.69 Å². The minimum Gasteiger partial charge on any atom is -0.455 e. The van der Waals surface area contributed by atoms with Gasteiger partial charge in [0.2, 0.25) is 10.0 Å². The summed E-state index contributed by atoms with van der Waals surface area (Å²) in [6, 6.07) is 21.2. The minimum atomic E-state index is -3.85. The molecule has 37 heavy (non-hydrogen) atoms. The molecule has 0 saturated heterocycles. The van der Waals surface area contributed by atoms with Crippen LogP contribution in [-0.2, 0) is 37.2 Å². The summed E-state index contributed by atoms with van der Waals surface area (Å²) < 4.78 is 34.0. The number of aryl methyl sites for hydroxylation is 1. The summed E-state index contributed by atoms with van der Waals surface area (Å²) >= 11 is 0. The Bertz CT molecular complexity index is 1430. The summed E-state index contributed by atoms with van der Waals surface area (Å²) in [4.78, 5) is 27.9. The Morgan fingerprint density at radius 3 is 2.38 bits per heavy atom. The van der Waals surface area contributed by atoms with Gasteiger partial charge in [-0.25, -0.2) is 8.42 Å². The maximum atomic E-state index is 13.6. The van der Waals surface area contributed by atoms with Crippen LogP contribution in [0.15, 0.2) is 77.7 Å². The number of hydrogen-bond donors (Lipinski definition) is 0. The van der Waals surface area contributed by atoms with Crippen LogP contribution in [0.3, 0.4) is 0 Å². The first-order valence-electron chi connectivity index (χ1n) is 12.5. The lowest BCUT2D eigenvalue weighted by Crippen LogP contribution is -2.42. The Labute approximate surface area is 217 Å². The van der Waals surface area contributed by atoms with Crippen LogP contribution in [0, 0.1) is 6.92 Å². The van der Waals surface area contributed by atoms with Crippen molar-refractivity contribution in [3.8, 4) is 0 Å². The SMILES string of the molecule is Cc1ccc(S(=O)(=O)N2CCc3ccccc3[C@H]2CC(=O)OCC(=O)N2c3ccccc3C[C@H]2C)cc1. The Morgan fingerprint density at radius 1 is 0.946 bits per heavy atom. The Kier molecular flexibility index (Phi) is 6.88. The van der Waals surface area contributed by atoms with E-state index in [9.17, 15) is 18.0 Å². The van der Waals surface area contributed by atoms with Gasteiger partial charge in [-0.05, 0) is 61.6 Å². The van der Waals surface area contributed by atoms with Crippen LogP contribution in [-0.4, -0.2) is 43.8 Å². The number of para-hydroxylation sites is 1. The highest BCUT2D eigenvalue weighted by molar-refractivity contribution is 7.89. The summed E-state index contributed by atoms with van der Waals surface area (Å²) in [5, 5.41) is 0. The predicted octanol–water partition coefficient (Wildman–Crippen LogP) is 4.19. The third-order valence-corrected chi connectivity index (χ3v) is 9.11. The van der Waals surface area contributed by atoms with E-state index in [-0.39, 0.29) is 29.8 Å². The Morgan fingerprint density at radius 2 is 1.62 bits per heavy atom. The van der Waals surface area contributed by atoms with Crippen LogP contribution >= 0.6 is 0 Å². The number of anilines is 1. The van der Waals surface area contributed by atoms with Gasteiger partial charge in [0.15, 0.2) is 6.61 Å². The fourth-order valence-corrected chi connectivity index (χ4v) is 6.95. The lowest BCUT2D eigenvalue weighted by atomic mass is 9.92. The fraction of sp³-hybridized carbons (Fsp3) is 0.310. The highest BCUT2D eigenvalue weighted by atomic mass is 32.2. The maximum absolute atomic E-state index is 13.6. The van der Waals surface area contributed by atoms with Gasteiger partial charge in [-0.2, -0.15) is 4.31 Å². The molecule has 2 atom stereocenters. The molecular formula is C29H30N2O5S. The second-order valence-corrected chi connectivity index (χ2v) is 11.6. The number of amides is 1. The van der Waals surface area contributed by atoms with Crippen molar-refractivity contribution in [2.45, 2.75) is 50.1 Å². The number of sulfonamides is 1. The molecule has 2 aliphatic rings. The van der Waals surface area contributed by atoms with E-state index in [2.05, 4.69) is 0 Å². The molecule has 0 radical (unpaired) electrons. The first kappa shape index (κ1) is 25.2. The molecule has 0 saturated carbocycles.